The number of hydrogen-bond acceptors (Lipinski definition) is 5. The lowest BCUT2D eigenvalue weighted by Crippen LogP contribution is -2.53. The van der Waals surface area contributed by atoms with Gasteiger partial charge in [0.2, 0.25) is 15.9 Å². The van der Waals surface area contributed by atoms with Gasteiger partial charge in [-0.1, -0.05) is 6.07 Å². The van der Waals surface area contributed by atoms with Gasteiger partial charge in [0.15, 0.2) is 6.10 Å². The molecule has 0 N–H and O–H groups in total. The molecule has 0 bridgehead atoms. The number of piperazine rings is 1. The Hall–Kier alpha value is -2.87. The number of rotatable bonds is 4. The fourth-order valence-corrected chi connectivity index (χ4v) is 5.43. The number of carbonyl (C=O) groups is 1. The first-order valence-electron chi connectivity index (χ1n) is 9.94. The highest BCUT2D eigenvalue weighted by Gasteiger charge is 2.46. The molecule has 2 aromatic rings. The van der Waals surface area contributed by atoms with Gasteiger partial charge in [-0.3, -0.25) is 4.79 Å². The number of benzene rings is 1. The van der Waals surface area contributed by atoms with E-state index in [1.807, 2.05) is 0 Å². The molecule has 3 heterocycles. The lowest BCUT2D eigenvalue weighted by molar-refractivity contribution is -0.138. The third-order valence-electron chi connectivity index (χ3n) is 5.62. The van der Waals surface area contributed by atoms with E-state index in [0.29, 0.717) is 12.3 Å². The van der Waals surface area contributed by atoms with E-state index in [0.717, 1.165) is 34.6 Å². The summed E-state index contributed by atoms with van der Waals surface area (Å²) >= 11 is 0. The van der Waals surface area contributed by atoms with Crippen molar-refractivity contribution < 1.29 is 44.3 Å². The molecule has 34 heavy (non-hydrogen) atoms. The second kappa shape index (κ2) is 8.41. The summed E-state index contributed by atoms with van der Waals surface area (Å²) in [5.41, 5.74) is -2.08. The Morgan fingerprint density at radius 1 is 0.971 bits per heavy atom. The molecule has 2 saturated heterocycles. The van der Waals surface area contributed by atoms with Crippen LogP contribution < -0.4 is 4.74 Å². The van der Waals surface area contributed by atoms with Crippen molar-refractivity contribution in [1.29, 1.82) is 0 Å². The molecule has 184 valence electrons. The summed E-state index contributed by atoms with van der Waals surface area (Å²) in [6, 6.07) is 4.54. The maximum Gasteiger partial charge on any atom is 0.417 e. The van der Waals surface area contributed by atoms with Crippen molar-refractivity contribution >= 4 is 15.9 Å². The van der Waals surface area contributed by atoms with Gasteiger partial charge in [0.1, 0.15) is 0 Å². The number of alkyl halides is 6. The zero-order valence-electron chi connectivity index (χ0n) is 17.2. The molecule has 2 aliphatic heterocycles. The molecular formula is C20H17F6N3O4S. The van der Waals surface area contributed by atoms with E-state index in [1.54, 1.807) is 0 Å². The van der Waals surface area contributed by atoms with Gasteiger partial charge in [0.25, 0.3) is 5.91 Å². The van der Waals surface area contributed by atoms with Crippen LogP contribution in [0.4, 0.5) is 26.3 Å². The number of carbonyl (C=O) groups excluding carboxylic acids is 1. The zero-order chi connectivity index (χ0) is 24.9. The van der Waals surface area contributed by atoms with E-state index in [1.165, 1.54) is 4.90 Å². The molecule has 14 heteroatoms. The van der Waals surface area contributed by atoms with Crippen LogP contribution in [0.25, 0.3) is 0 Å². The molecule has 0 aliphatic carbocycles. The molecule has 0 radical (unpaired) electrons. The second-order valence-corrected chi connectivity index (χ2v) is 9.74. The van der Waals surface area contributed by atoms with Crippen molar-refractivity contribution in [2.24, 2.45) is 0 Å². The smallest absolute Gasteiger partial charge is 0.417 e. The standard InChI is InChI=1S/C20H17F6N3O4S/c21-19(22,23)12-2-1-3-15(8-12)34(31,32)28-6-7-29-14(11-28)9-16(18(29)30)33-17-5-4-13(10-27-17)20(24,25)26/h1-5,8,10,14,16H,6-7,9,11H2. The third-order valence-corrected chi connectivity index (χ3v) is 7.48. The SMILES string of the molecule is O=C1C(Oc2ccc(C(F)(F)F)cn2)CC2CN(S(=O)(=O)c3cccc(C(F)(F)F)c3)CCN12. The van der Waals surface area contributed by atoms with Crippen molar-refractivity contribution in [2.75, 3.05) is 19.6 Å². The molecule has 4 rings (SSSR count). The van der Waals surface area contributed by atoms with Crippen molar-refractivity contribution in [3.63, 3.8) is 0 Å². The fraction of sp³-hybridized carbons (Fsp3) is 0.400. The number of aromatic nitrogens is 1. The van der Waals surface area contributed by atoms with Gasteiger partial charge in [-0.05, 0) is 24.3 Å². The van der Waals surface area contributed by atoms with E-state index in [-0.39, 0.29) is 31.9 Å². The maximum absolute atomic E-state index is 13.0. The minimum absolute atomic E-state index is 0.0119. The molecule has 0 spiro atoms. The average Bonchev–Trinajstić information content (AvgIpc) is 3.07. The van der Waals surface area contributed by atoms with E-state index in [9.17, 15) is 39.6 Å². The van der Waals surface area contributed by atoms with Crippen LogP contribution in [0.1, 0.15) is 17.5 Å². The molecule has 2 aliphatic rings. The van der Waals surface area contributed by atoms with Gasteiger partial charge in [0.05, 0.1) is 16.0 Å². The van der Waals surface area contributed by atoms with Gasteiger partial charge in [0, 0.05) is 44.4 Å². The maximum atomic E-state index is 13.0. The first-order valence-corrected chi connectivity index (χ1v) is 11.4. The lowest BCUT2D eigenvalue weighted by atomic mass is 10.2. The van der Waals surface area contributed by atoms with Gasteiger partial charge in [-0.2, -0.15) is 30.6 Å². The van der Waals surface area contributed by atoms with Crippen LogP contribution in [-0.4, -0.2) is 60.3 Å². The number of pyridine rings is 1. The van der Waals surface area contributed by atoms with Crippen LogP contribution in [0.5, 0.6) is 5.88 Å². The number of halogens is 6. The Labute approximate surface area is 190 Å². The van der Waals surface area contributed by atoms with E-state index >= 15 is 0 Å². The highest BCUT2D eigenvalue weighted by Crippen LogP contribution is 2.33. The number of nitrogens with zero attached hydrogens (tertiary/aromatic N) is 3. The minimum Gasteiger partial charge on any atom is -0.464 e. The second-order valence-electron chi connectivity index (χ2n) is 7.80. The third kappa shape index (κ3) is 4.69. The van der Waals surface area contributed by atoms with Crippen LogP contribution in [0.3, 0.4) is 0 Å². The summed E-state index contributed by atoms with van der Waals surface area (Å²) in [5, 5.41) is 0. The quantitative estimate of drug-likeness (QED) is 0.592. The molecule has 7 nitrogen and oxygen atoms in total. The van der Waals surface area contributed by atoms with Crippen LogP contribution in [0, 0.1) is 0 Å². The number of fused-ring (bicyclic) bond motifs is 1. The minimum atomic E-state index is -4.71. The number of amides is 1. The van der Waals surface area contributed by atoms with Crippen LogP contribution in [0.15, 0.2) is 47.5 Å². The Morgan fingerprint density at radius 2 is 1.68 bits per heavy atom. The summed E-state index contributed by atoms with van der Waals surface area (Å²) in [7, 11) is -4.26. The molecule has 2 unspecified atom stereocenters. The van der Waals surface area contributed by atoms with E-state index in [2.05, 4.69) is 4.98 Å². The number of sulfonamides is 1. The van der Waals surface area contributed by atoms with Crippen molar-refractivity contribution in [3.8, 4) is 5.88 Å². The summed E-state index contributed by atoms with van der Waals surface area (Å²) in [4.78, 5) is 17.1. The van der Waals surface area contributed by atoms with Gasteiger partial charge < -0.3 is 9.64 Å². The summed E-state index contributed by atoms with van der Waals surface area (Å²) < 4.78 is 109. The summed E-state index contributed by atoms with van der Waals surface area (Å²) in [6.07, 6.45) is -9.75. The number of hydrogen-bond donors (Lipinski definition) is 0. The predicted molar refractivity (Wildman–Crippen MR) is 104 cm³/mol. The largest absolute Gasteiger partial charge is 0.464 e. The Kier molecular flexibility index (Phi) is 6.00. The molecule has 1 aromatic heterocycles. The molecule has 0 saturated carbocycles. The Bertz CT molecular complexity index is 1180. The van der Waals surface area contributed by atoms with Crippen molar-refractivity contribution in [2.45, 2.75) is 35.8 Å². The topological polar surface area (TPSA) is 79.8 Å². The highest BCUT2D eigenvalue weighted by atomic mass is 32.2. The van der Waals surface area contributed by atoms with Gasteiger partial charge >= 0.3 is 12.4 Å². The van der Waals surface area contributed by atoms with Gasteiger partial charge in [-0.15, -0.1) is 0 Å². The molecule has 1 amide bonds. The lowest BCUT2D eigenvalue weighted by Gasteiger charge is -2.36. The zero-order valence-corrected chi connectivity index (χ0v) is 18.0. The fourth-order valence-electron chi connectivity index (χ4n) is 3.91. The van der Waals surface area contributed by atoms with Gasteiger partial charge in [-0.25, -0.2) is 13.4 Å². The normalized spacial score (nSPS) is 22.1. The first-order chi connectivity index (χ1) is 15.8. The first kappa shape index (κ1) is 24.3. The van der Waals surface area contributed by atoms with Crippen LogP contribution in [-0.2, 0) is 27.2 Å². The van der Waals surface area contributed by atoms with E-state index in [4.69, 9.17) is 4.74 Å². The van der Waals surface area contributed by atoms with Crippen LogP contribution in [0.2, 0.25) is 0 Å². The molecule has 2 fully saturated rings. The predicted octanol–water partition coefficient (Wildman–Crippen LogP) is 3.17. The number of ether oxygens (including phenoxy) is 1. The highest BCUT2D eigenvalue weighted by molar-refractivity contribution is 7.89. The van der Waals surface area contributed by atoms with Crippen LogP contribution >= 0.6 is 0 Å². The van der Waals surface area contributed by atoms with Crippen molar-refractivity contribution in [3.05, 3.63) is 53.7 Å². The van der Waals surface area contributed by atoms with Crippen molar-refractivity contribution in [1.82, 2.24) is 14.2 Å². The Morgan fingerprint density at radius 3 is 2.29 bits per heavy atom. The monoisotopic (exact) mass is 509 g/mol. The molecule has 1 aromatic carbocycles. The molecular weight excluding hydrogens is 492 g/mol. The molecule has 2 atom stereocenters. The van der Waals surface area contributed by atoms with E-state index < -0.39 is 56.5 Å². The summed E-state index contributed by atoms with van der Waals surface area (Å²) in [5.74, 6) is -0.664. The average molecular weight is 509 g/mol. The summed E-state index contributed by atoms with van der Waals surface area (Å²) in [6.45, 7) is -0.307. The Balaban J connectivity index is 1.46.